The first kappa shape index (κ1) is 32.4. The lowest BCUT2D eigenvalue weighted by Gasteiger charge is -2.30. The van der Waals surface area contributed by atoms with Crippen molar-refractivity contribution in [2.24, 2.45) is 0 Å². The fourth-order valence-electron chi connectivity index (χ4n) is 5.74. The van der Waals surface area contributed by atoms with E-state index in [1.54, 1.807) is 16.4 Å². The number of thioether (sulfide) groups is 1. The van der Waals surface area contributed by atoms with Gasteiger partial charge in [-0.1, -0.05) is 74.7 Å². The summed E-state index contributed by atoms with van der Waals surface area (Å²) in [7, 11) is 0. The molecule has 0 bridgehead atoms. The maximum Gasteiger partial charge on any atom is 0.338 e. The molecule has 0 spiro atoms. The molecule has 1 aliphatic heterocycles. The van der Waals surface area contributed by atoms with Crippen LogP contribution in [0, 0.1) is 0 Å². The summed E-state index contributed by atoms with van der Waals surface area (Å²) in [5.74, 6) is 2.30. The molecule has 5 rings (SSSR count). The monoisotopic (exact) mass is 682 g/mol. The maximum absolute atomic E-state index is 13.9. The summed E-state index contributed by atoms with van der Waals surface area (Å²) in [5.41, 5.74) is 3.26. The first-order valence-electron chi connectivity index (χ1n) is 15.9. The minimum absolute atomic E-state index is 0.0689. The Labute approximate surface area is 273 Å². The van der Waals surface area contributed by atoms with Gasteiger partial charge < -0.3 is 19.5 Å². The normalized spacial score (nSPS) is 16.8. The van der Waals surface area contributed by atoms with Crippen LogP contribution in [0.3, 0.4) is 0 Å². The van der Waals surface area contributed by atoms with Crippen LogP contribution in [0.1, 0.15) is 95.7 Å². The van der Waals surface area contributed by atoms with Crippen LogP contribution < -0.4 is 14.8 Å². The Morgan fingerprint density at radius 2 is 1.86 bits per heavy atom. The van der Waals surface area contributed by atoms with E-state index >= 15 is 0 Å². The van der Waals surface area contributed by atoms with Gasteiger partial charge in [-0.15, -0.1) is 5.10 Å². The first-order valence-corrected chi connectivity index (χ1v) is 17.7. The molecule has 2 aliphatic rings. The summed E-state index contributed by atoms with van der Waals surface area (Å²) in [6.07, 6.45) is 9.55. The van der Waals surface area contributed by atoms with Crippen molar-refractivity contribution >= 4 is 39.6 Å². The van der Waals surface area contributed by atoms with Crippen LogP contribution in [0.4, 0.5) is 5.95 Å². The third-order valence-electron chi connectivity index (χ3n) is 7.98. The van der Waals surface area contributed by atoms with Gasteiger partial charge in [-0.3, -0.25) is 0 Å². The van der Waals surface area contributed by atoms with E-state index in [2.05, 4.69) is 40.3 Å². The van der Waals surface area contributed by atoms with Gasteiger partial charge in [0.25, 0.3) is 0 Å². The van der Waals surface area contributed by atoms with Crippen molar-refractivity contribution in [1.29, 1.82) is 0 Å². The van der Waals surface area contributed by atoms with Gasteiger partial charge in [0.15, 0.2) is 11.5 Å². The molecule has 10 heteroatoms. The number of unbranched alkanes of at least 4 members (excludes halogenated alkanes) is 3. The molecule has 44 heavy (non-hydrogen) atoms. The molecule has 8 nitrogen and oxygen atoms in total. The number of hydrogen-bond donors (Lipinski definition) is 1. The van der Waals surface area contributed by atoms with Crippen LogP contribution in [0.25, 0.3) is 0 Å². The highest BCUT2D eigenvalue weighted by molar-refractivity contribution is 9.10. The highest BCUT2D eigenvalue weighted by Gasteiger charge is 2.37. The SMILES string of the molecule is CCCCCCOc1c(Br)cc(C2C(C(=O)OC3CCCCC3)=C(C)Nc3nc(SCc4ccccc4)nn32)cc1OCC. The summed E-state index contributed by atoms with van der Waals surface area (Å²) in [5, 5.41) is 8.90. The fourth-order valence-corrected chi connectivity index (χ4v) is 7.10. The zero-order chi connectivity index (χ0) is 30.9. The molecule has 3 aromatic rings. The Morgan fingerprint density at radius 1 is 1.07 bits per heavy atom. The number of carbonyl (C=O) groups is 1. The van der Waals surface area contributed by atoms with E-state index in [4.69, 9.17) is 24.3 Å². The number of benzene rings is 2. The number of esters is 1. The molecule has 2 aromatic carbocycles. The zero-order valence-corrected chi connectivity index (χ0v) is 28.3. The molecule has 0 amide bonds. The topological polar surface area (TPSA) is 87.5 Å². The number of allylic oxidation sites excluding steroid dienone is 1. The van der Waals surface area contributed by atoms with Crippen LogP contribution in [0.15, 0.2) is 63.4 Å². The summed E-state index contributed by atoms with van der Waals surface area (Å²) in [4.78, 5) is 18.7. The van der Waals surface area contributed by atoms with Gasteiger partial charge in [-0.05, 0) is 85.1 Å². The number of nitrogens with one attached hydrogen (secondary N) is 1. The van der Waals surface area contributed by atoms with Gasteiger partial charge in [0.1, 0.15) is 12.1 Å². The van der Waals surface area contributed by atoms with Crippen molar-refractivity contribution in [3.8, 4) is 11.5 Å². The number of nitrogens with zero attached hydrogens (tertiary/aromatic N) is 3. The molecule has 1 atom stereocenters. The van der Waals surface area contributed by atoms with E-state index in [9.17, 15) is 4.79 Å². The minimum Gasteiger partial charge on any atom is -0.490 e. The Bertz CT molecular complexity index is 1440. The number of ether oxygens (including phenoxy) is 3. The van der Waals surface area contributed by atoms with Gasteiger partial charge in [-0.2, -0.15) is 4.98 Å². The third-order valence-corrected chi connectivity index (χ3v) is 9.48. The third kappa shape index (κ3) is 7.99. The van der Waals surface area contributed by atoms with Gasteiger partial charge in [-0.25, -0.2) is 9.48 Å². The van der Waals surface area contributed by atoms with Crippen molar-refractivity contribution in [3.63, 3.8) is 0 Å². The predicted molar refractivity (Wildman–Crippen MR) is 178 cm³/mol. The summed E-state index contributed by atoms with van der Waals surface area (Å²) >= 11 is 5.33. The van der Waals surface area contributed by atoms with Gasteiger partial charge in [0.05, 0.1) is 23.3 Å². The number of hydrogen-bond acceptors (Lipinski definition) is 8. The van der Waals surface area contributed by atoms with E-state index in [0.717, 1.165) is 54.3 Å². The lowest BCUT2D eigenvalue weighted by molar-refractivity contribution is -0.146. The Kier molecular flexibility index (Phi) is 11.7. The first-order chi connectivity index (χ1) is 21.5. The van der Waals surface area contributed by atoms with E-state index in [1.165, 1.54) is 24.8 Å². The molecule has 1 aliphatic carbocycles. The second-order valence-corrected chi connectivity index (χ2v) is 13.1. The number of anilines is 1. The van der Waals surface area contributed by atoms with Crippen molar-refractivity contribution in [1.82, 2.24) is 14.8 Å². The zero-order valence-electron chi connectivity index (χ0n) is 25.9. The number of halogens is 1. The molecular formula is C34H43BrN4O4S. The van der Waals surface area contributed by atoms with Crippen LogP contribution in [-0.2, 0) is 15.3 Å². The smallest absolute Gasteiger partial charge is 0.338 e. The summed E-state index contributed by atoms with van der Waals surface area (Å²) in [6, 6.07) is 13.7. The van der Waals surface area contributed by atoms with E-state index in [1.807, 2.05) is 44.2 Å². The second-order valence-electron chi connectivity index (χ2n) is 11.3. The Hall–Kier alpha value is -2.98. The number of rotatable bonds is 14. The van der Waals surface area contributed by atoms with E-state index in [-0.39, 0.29) is 12.1 Å². The van der Waals surface area contributed by atoms with Crippen LogP contribution in [-0.4, -0.2) is 40.1 Å². The van der Waals surface area contributed by atoms with Gasteiger partial charge in [0.2, 0.25) is 11.1 Å². The molecule has 2 heterocycles. The number of fused-ring (bicyclic) bond motifs is 1. The van der Waals surface area contributed by atoms with Crippen molar-refractivity contribution in [2.75, 3.05) is 18.5 Å². The predicted octanol–water partition coefficient (Wildman–Crippen LogP) is 8.86. The number of aromatic nitrogens is 3. The minimum atomic E-state index is -0.560. The molecule has 1 saturated carbocycles. The standard InChI is InChI=1S/C34H43BrN4O4S/c1-4-6-7-14-19-42-31-27(35)20-25(21-28(31)41-5-2)30-29(32(40)43-26-17-12-9-13-18-26)23(3)36-33-37-34(38-39(30)33)44-22-24-15-10-8-11-16-24/h8,10-11,15-16,20-21,26,30H,4-7,9,12-14,17-19,22H2,1-3H3,(H,36,37,38). The molecule has 1 N–H and O–H groups in total. The molecule has 0 saturated heterocycles. The fraction of sp³-hybridized carbons (Fsp3) is 0.500. The molecule has 236 valence electrons. The molecule has 0 radical (unpaired) electrons. The van der Waals surface area contributed by atoms with Crippen molar-refractivity contribution < 1.29 is 19.0 Å². The Morgan fingerprint density at radius 3 is 2.61 bits per heavy atom. The number of carbonyl (C=O) groups excluding carboxylic acids is 1. The molecule has 1 unspecified atom stereocenters. The summed E-state index contributed by atoms with van der Waals surface area (Å²) < 4.78 is 21.0. The van der Waals surface area contributed by atoms with Gasteiger partial charge in [0, 0.05) is 11.4 Å². The highest BCUT2D eigenvalue weighted by atomic mass is 79.9. The lowest BCUT2D eigenvalue weighted by Crippen LogP contribution is -2.32. The second kappa shape index (κ2) is 15.8. The Balaban J connectivity index is 1.49. The molecule has 1 aromatic heterocycles. The van der Waals surface area contributed by atoms with Crippen molar-refractivity contribution in [2.45, 2.75) is 102 Å². The highest BCUT2D eigenvalue weighted by Crippen LogP contribution is 2.44. The molecular weight excluding hydrogens is 640 g/mol. The van der Waals surface area contributed by atoms with E-state index < -0.39 is 6.04 Å². The lowest BCUT2D eigenvalue weighted by atomic mass is 9.94. The average molecular weight is 684 g/mol. The maximum atomic E-state index is 13.9. The van der Waals surface area contributed by atoms with Crippen LogP contribution in [0.5, 0.6) is 11.5 Å². The molecule has 1 fully saturated rings. The summed E-state index contributed by atoms with van der Waals surface area (Å²) in [6.45, 7) is 7.16. The van der Waals surface area contributed by atoms with Crippen LogP contribution >= 0.6 is 27.7 Å². The van der Waals surface area contributed by atoms with Gasteiger partial charge >= 0.3 is 5.97 Å². The average Bonchev–Trinajstić information content (AvgIpc) is 3.43. The van der Waals surface area contributed by atoms with Crippen LogP contribution in [0.2, 0.25) is 0 Å². The van der Waals surface area contributed by atoms with E-state index in [0.29, 0.717) is 47.1 Å². The largest absolute Gasteiger partial charge is 0.490 e. The van der Waals surface area contributed by atoms with Crippen molar-refractivity contribution in [3.05, 3.63) is 69.3 Å². The quantitative estimate of drug-likeness (QED) is 0.103.